The Kier molecular flexibility index (Phi) is 3.75. The lowest BCUT2D eigenvalue weighted by atomic mass is 9.98. The van der Waals surface area contributed by atoms with E-state index >= 15 is 0 Å². The fourth-order valence-corrected chi connectivity index (χ4v) is 2.94. The van der Waals surface area contributed by atoms with E-state index in [2.05, 4.69) is 18.2 Å². The SMILES string of the molecule is COc1cccc(C(O)Cc2ccc3c(c2)CCC3)c1. The summed E-state index contributed by atoms with van der Waals surface area (Å²) in [6.45, 7) is 0. The third kappa shape index (κ3) is 2.70. The molecule has 1 atom stereocenters. The molecule has 104 valence electrons. The molecule has 2 aromatic carbocycles. The first-order valence-electron chi connectivity index (χ1n) is 7.19. The summed E-state index contributed by atoms with van der Waals surface area (Å²) in [5.74, 6) is 0.788. The molecule has 1 aliphatic carbocycles. The smallest absolute Gasteiger partial charge is 0.119 e. The van der Waals surface area contributed by atoms with Gasteiger partial charge in [-0.05, 0) is 53.6 Å². The van der Waals surface area contributed by atoms with Gasteiger partial charge in [0.25, 0.3) is 0 Å². The Morgan fingerprint density at radius 3 is 2.80 bits per heavy atom. The lowest BCUT2D eigenvalue weighted by Crippen LogP contribution is -2.02. The Morgan fingerprint density at radius 2 is 1.95 bits per heavy atom. The lowest BCUT2D eigenvalue weighted by molar-refractivity contribution is 0.178. The Hall–Kier alpha value is -1.80. The van der Waals surface area contributed by atoms with Crippen LogP contribution in [-0.2, 0) is 19.3 Å². The standard InChI is InChI=1S/C18H20O2/c1-20-17-7-3-6-16(12-17)18(19)11-13-8-9-14-4-2-5-15(14)10-13/h3,6-10,12,18-19H,2,4-5,11H2,1H3. The van der Waals surface area contributed by atoms with Crippen molar-refractivity contribution < 1.29 is 9.84 Å². The average molecular weight is 268 g/mol. The van der Waals surface area contributed by atoms with Crippen LogP contribution >= 0.6 is 0 Å². The van der Waals surface area contributed by atoms with E-state index in [1.807, 2.05) is 24.3 Å². The molecule has 1 unspecified atom stereocenters. The maximum absolute atomic E-state index is 10.4. The van der Waals surface area contributed by atoms with Crippen LogP contribution in [0.25, 0.3) is 0 Å². The van der Waals surface area contributed by atoms with Crippen LogP contribution in [0.2, 0.25) is 0 Å². The molecule has 20 heavy (non-hydrogen) atoms. The summed E-state index contributed by atoms with van der Waals surface area (Å²) in [4.78, 5) is 0. The molecule has 1 N–H and O–H groups in total. The lowest BCUT2D eigenvalue weighted by Gasteiger charge is -2.13. The van der Waals surface area contributed by atoms with E-state index in [0.29, 0.717) is 6.42 Å². The number of fused-ring (bicyclic) bond motifs is 1. The first kappa shape index (κ1) is 13.2. The van der Waals surface area contributed by atoms with Crippen LogP contribution in [0, 0.1) is 0 Å². The second kappa shape index (κ2) is 5.68. The van der Waals surface area contributed by atoms with Gasteiger partial charge in [0.2, 0.25) is 0 Å². The maximum Gasteiger partial charge on any atom is 0.119 e. The van der Waals surface area contributed by atoms with E-state index in [1.54, 1.807) is 7.11 Å². The zero-order valence-electron chi connectivity index (χ0n) is 11.8. The molecule has 0 amide bonds. The number of hydrogen-bond acceptors (Lipinski definition) is 2. The van der Waals surface area contributed by atoms with Crippen LogP contribution in [0.3, 0.4) is 0 Å². The molecular formula is C18H20O2. The van der Waals surface area contributed by atoms with Crippen molar-refractivity contribution >= 4 is 0 Å². The van der Waals surface area contributed by atoms with E-state index < -0.39 is 6.10 Å². The first-order valence-corrected chi connectivity index (χ1v) is 7.19. The van der Waals surface area contributed by atoms with Crippen LogP contribution in [0.1, 0.15) is 34.8 Å². The van der Waals surface area contributed by atoms with Crippen LogP contribution in [0.15, 0.2) is 42.5 Å². The Morgan fingerprint density at radius 1 is 1.10 bits per heavy atom. The monoisotopic (exact) mass is 268 g/mol. The van der Waals surface area contributed by atoms with Gasteiger partial charge in [0.15, 0.2) is 0 Å². The number of aliphatic hydroxyl groups excluding tert-OH is 1. The molecular weight excluding hydrogens is 248 g/mol. The minimum atomic E-state index is -0.482. The first-order chi connectivity index (χ1) is 9.76. The summed E-state index contributed by atoms with van der Waals surface area (Å²) in [5.41, 5.74) is 5.05. The van der Waals surface area contributed by atoms with Crippen LogP contribution < -0.4 is 4.74 Å². The number of hydrogen-bond donors (Lipinski definition) is 1. The van der Waals surface area contributed by atoms with Gasteiger partial charge < -0.3 is 9.84 Å². The van der Waals surface area contributed by atoms with E-state index in [1.165, 1.54) is 36.0 Å². The highest BCUT2D eigenvalue weighted by Crippen LogP contribution is 2.26. The fraction of sp³-hybridized carbons (Fsp3) is 0.333. The molecule has 0 spiro atoms. The number of aliphatic hydroxyl groups is 1. The molecule has 0 radical (unpaired) electrons. The summed E-state index contributed by atoms with van der Waals surface area (Å²) in [5, 5.41) is 10.4. The topological polar surface area (TPSA) is 29.5 Å². The van der Waals surface area contributed by atoms with Crippen LogP contribution in [-0.4, -0.2) is 12.2 Å². The molecule has 0 aliphatic heterocycles. The Balaban J connectivity index is 1.76. The zero-order valence-corrected chi connectivity index (χ0v) is 11.8. The van der Waals surface area contributed by atoms with Crippen LogP contribution in [0.4, 0.5) is 0 Å². The molecule has 1 aliphatic rings. The molecule has 0 bridgehead atoms. The summed E-state index contributed by atoms with van der Waals surface area (Å²) in [7, 11) is 1.64. The number of methoxy groups -OCH3 is 1. The van der Waals surface area contributed by atoms with Gasteiger partial charge in [-0.1, -0.05) is 30.3 Å². The zero-order chi connectivity index (χ0) is 13.9. The van der Waals surface area contributed by atoms with Crippen molar-refractivity contribution in [2.24, 2.45) is 0 Å². The second-order valence-corrected chi connectivity index (χ2v) is 5.45. The molecule has 0 fully saturated rings. The molecule has 2 heteroatoms. The molecule has 2 aromatic rings. The van der Waals surface area contributed by atoms with Gasteiger partial charge >= 0.3 is 0 Å². The largest absolute Gasteiger partial charge is 0.497 e. The van der Waals surface area contributed by atoms with Gasteiger partial charge in [0.05, 0.1) is 13.2 Å². The van der Waals surface area contributed by atoms with Gasteiger partial charge in [-0.3, -0.25) is 0 Å². The van der Waals surface area contributed by atoms with E-state index in [0.717, 1.165) is 11.3 Å². The average Bonchev–Trinajstić information content (AvgIpc) is 2.95. The van der Waals surface area contributed by atoms with Crippen molar-refractivity contribution in [3.8, 4) is 5.75 Å². The minimum absolute atomic E-state index is 0.482. The Labute approximate surface area is 120 Å². The quantitative estimate of drug-likeness (QED) is 0.920. The van der Waals surface area contributed by atoms with Gasteiger partial charge in [-0.15, -0.1) is 0 Å². The highest BCUT2D eigenvalue weighted by atomic mass is 16.5. The van der Waals surface area contributed by atoms with Gasteiger partial charge in [-0.2, -0.15) is 0 Å². The molecule has 0 aromatic heterocycles. The fourth-order valence-electron chi connectivity index (χ4n) is 2.94. The van der Waals surface area contributed by atoms with E-state index in [-0.39, 0.29) is 0 Å². The highest BCUT2D eigenvalue weighted by Gasteiger charge is 2.14. The minimum Gasteiger partial charge on any atom is -0.497 e. The van der Waals surface area contributed by atoms with Gasteiger partial charge in [0.1, 0.15) is 5.75 Å². The van der Waals surface area contributed by atoms with Gasteiger partial charge in [0, 0.05) is 6.42 Å². The predicted molar refractivity (Wildman–Crippen MR) is 80.1 cm³/mol. The summed E-state index contributed by atoms with van der Waals surface area (Å²) >= 11 is 0. The Bertz CT molecular complexity index is 604. The maximum atomic E-state index is 10.4. The molecule has 2 nitrogen and oxygen atoms in total. The normalized spacial score (nSPS) is 14.9. The van der Waals surface area contributed by atoms with Crippen molar-refractivity contribution in [1.29, 1.82) is 0 Å². The number of ether oxygens (including phenoxy) is 1. The molecule has 3 rings (SSSR count). The number of benzene rings is 2. The van der Waals surface area contributed by atoms with Gasteiger partial charge in [-0.25, -0.2) is 0 Å². The molecule has 0 saturated heterocycles. The van der Waals surface area contributed by atoms with Crippen molar-refractivity contribution in [2.75, 3.05) is 7.11 Å². The number of rotatable bonds is 4. The highest BCUT2D eigenvalue weighted by molar-refractivity contribution is 5.36. The van der Waals surface area contributed by atoms with Crippen molar-refractivity contribution in [1.82, 2.24) is 0 Å². The summed E-state index contributed by atoms with van der Waals surface area (Å²) < 4.78 is 5.20. The second-order valence-electron chi connectivity index (χ2n) is 5.45. The summed E-state index contributed by atoms with van der Waals surface area (Å²) in [6, 6.07) is 14.3. The molecule has 0 heterocycles. The van der Waals surface area contributed by atoms with Crippen molar-refractivity contribution in [3.05, 3.63) is 64.7 Å². The van der Waals surface area contributed by atoms with E-state index in [9.17, 15) is 5.11 Å². The third-order valence-corrected chi connectivity index (χ3v) is 4.07. The van der Waals surface area contributed by atoms with Crippen molar-refractivity contribution in [3.63, 3.8) is 0 Å². The molecule has 0 saturated carbocycles. The summed E-state index contributed by atoms with van der Waals surface area (Å²) in [6.07, 6.45) is 3.81. The van der Waals surface area contributed by atoms with Crippen molar-refractivity contribution in [2.45, 2.75) is 31.8 Å². The van der Waals surface area contributed by atoms with E-state index in [4.69, 9.17) is 4.74 Å². The predicted octanol–water partition coefficient (Wildman–Crippen LogP) is 3.46. The number of aryl methyl sites for hydroxylation is 2. The third-order valence-electron chi connectivity index (χ3n) is 4.07. The van der Waals surface area contributed by atoms with Crippen LogP contribution in [0.5, 0.6) is 5.75 Å².